The molecule has 0 aliphatic carbocycles. The van der Waals surface area contributed by atoms with Gasteiger partial charge in [0.1, 0.15) is 18.3 Å². The normalized spacial score (nSPS) is 15.0. The molecule has 0 bridgehead atoms. The van der Waals surface area contributed by atoms with Gasteiger partial charge >= 0.3 is 6.09 Å². The van der Waals surface area contributed by atoms with Gasteiger partial charge < -0.3 is 20.3 Å². The van der Waals surface area contributed by atoms with Crippen LogP contribution in [-0.4, -0.2) is 63.0 Å². The SMILES string of the molecule is CCNC(=NCc1ccc(-n2cncn2)cc1)NC1CN(C(=O)OC(C)(C)C)C1. The van der Waals surface area contributed by atoms with E-state index in [2.05, 4.69) is 25.7 Å². The number of aliphatic imine (C=N–C) groups is 1. The minimum absolute atomic E-state index is 0.162. The maximum Gasteiger partial charge on any atom is 0.410 e. The highest BCUT2D eigenvalue weighted by molar-refractivity contribution is 5.80. The molecule has 2 heterocycles. The number of amides is 1. The van der Waals surface area contributed by atoms with Gasteiger partial charge in [0.25, 0.3) is 0 Å². The van der Waals surface area contributed by atoms with Gasteiger partial charge in [0, 0.05) is 19.6 Å². The Bertz CT molecular complexity index is 820. The molecule has 3 rings (SSSR count). The number of hydrogen-bond donors (Lipinski definition) is 2. The molecular formula is C20H29N7O2. The van der Waals surface area contributed by atoms with E-state index < -0.39 is 5.60 Å². The summed E-state index contributed by atoms with van der Waals surface area (Å²) in [6, 6.07) is 8.19. The van der Waals surface area contributed by atoms with Crippen LogP contribution in [0.25, 0.3) is 5.69 Å². The minimum Gasteiger partial charge on any atom is -0.444 e. The molecular weight excluding hydrogens is 370 g/mol. The van der Waals surface area contributed by atoms with Gasteiger partial charge in [-0.05, 0) is 45.4 Å². The summed E-state index contributed by atoms with van der Waals surface area (Å²) in [5, 5.41) is 10.7. The number of guanidine groups is 1. The highest BCUT2D eigenvalue weighted by atomic mass is 16.6. The first-order chi connectivity index (χ1) is 13.8. The Morgan fingerprint density at radius 1 is 1.28 bits per heavy atom. The summed E-state index contributed by atoms with van der Waals surface area (Å²) in [7, 11) is 0. The fourth-order valence-corrected chi connectivity index (χ4v) is 2.82. The number of likely N-dealkylation sites (tertiary alicyclic amines) is 1. The standard InChI is InChI=1S/C20H29N7O2/c1-5-22-18(25-16-11-26(12-16)19(28)29-20(2,3)4)23-10-15-6-8-17(9-7-15)27-14-21-13-24-27/h6-9,13-14,16H,5,10-12H2,1-4H3,(H2,22,23,25). The Hall–Kier alpha value is -3.10. The topological polar surface area (TPSA) is 96.7 Å². The quantitative estimate of drug-likeness (QED) is 0.589. The van der Waals surface area contributed by atoms with Crippen molar-refractivity contribution in [2.45, 2.75) is 45.9 Å². The molecule has 1 saturated heterocycles. The lowest BCUT2D eigenvalue weighted by atomic mass is 10.1. The Labute approximate surface area is 171 Å². The van der Waals surface area contributed by atoms with Crippen molar-refractivity contribution in [3.05, 3.63) is 42.5 Å². The number of rotatable bonds is 5. The van der Waals surface area contributed by atoms with E-state index in [0.717, 1.165) is 23.8 Å². The third-order valence-corrected chi connectivity index (χ3v) is 4.26. The van der Waals surface area contributed by atoms with Crippen molar-refractivity contribution >= 4 is 12.1 Å². The van der Waals surface area contributed by atoms with Crippen LogP contribution in [-0.2, 0) is 11.3 Å². The molecule has 1 amide bonds. The smallest absolute Gasteiger partial charge is 0.410 e. The van der Waals surface area contributed by atoms with Gasteiger partial charge in [-0.15, -0.1) is 0 Å². The van der Waals surface area contributed by atoms with Gasteiger partial charge in [0.2, 0.25) is 0 Å². The molecule has 0 radical (unpaired) electrons. The number of hydrogen-bond acceptors (Lipinski definition) is 5. The maximum absolute atomic E-state index is 12.0. The van der Waals surface area contributed by atoms with E-state index in [-0.39, 0.29) is 12.1 Å². The molecule has 0 atom stereocenters. The van der Waals surface area contributed by atoms with Crippen LogP contribution in [0.3, 0.4) is 0 Å². The zero-order valence-corrected chi connectivity index (χ0v) is 17.4. The molecule has 0 saturated carbocycles. The Balaban J connectivity index is 1.51. The van der Waals surface area contributed by atoms with E-state index in [1.807, 2.05) is 52.0 Å². The number of carbonyl (C=O) groups excluding carboxylic acids is 1. The summed E-state index contributed by atoms with van der Waals surface area (Å²) < 4.78 is 7.10. The average molecular weight is 399 g/mol. The van der Waals surface area contributed by atoms with Crippen LogP contribution in [0.15, 0.2) is 41.9 Å². The van der Waals surface area contributed by atoms with Crippen LogP contribution >= 0.6 is 0 Å². The van der Waals surface area contributed by atoms with Gasteiger partial charge in [-0.1, -0.05) is 12.1 Å². The second-order valence-corrected chi connectivity index (χ2v) is 7.93. The van der Waals surface area contributed by atoms with Gasteiger partial charge in [0.05, 0.1) is 18.3 Å². The molecule has 1 aliphatic rings. The molecule has 156 valence electrons. The lowest BCUT2D eigenvalue weighted by Crippen LogP contribution is -2.63. The molecule has 1 aromatic carbocycles. The number of carbonyl (C=O) groups is 1. The molecule has 2 aromatic rings. The number of aromatic nitrogens is 3. The summed E-state index contributed by atoms with van der Waals surface area (Å²) in [4.78, 5) is 22.3. The molecule has 1 fully saturated rings. The van der Waals surface area contributed by atoms with Crippen LogP contribution in [0.5, 0.6) is 0 Å². The molecule has 9 heteroatoms. The number of nitrogens with one attached hydrogen (secondary N) is 2. The summed E-state index contributed by atoms with van der Waals surface area (Å²) in [5.41, 5.74) is 1.57. The van der Waals surface area contributed by atoms with Crippen molar-refractivity contribution in [2.75, 3.05) is 19.6 Å². The average Bonchev–Trinajstić information content (AvgIpc) is 3.15. The summed E-state index contributed by atoms with van der Waals surface area (Å²) in [5.74, 6) is 0.738. The lowest BCUT2D eigenvalue weighted by molar-refractivity contribution is 0.00701. The monoisotopic (exact) mass is 399 g/mol. The first kappa shape index (κ1) is 20.6. The maximum atomic E-state index is 12.0. The highest BCUT2D eigenvalue weighted by Crippen LogP contribution is 2.15. The van der Waals surface area contributed by atoms with Crippen LogP contribution in [0.1, 0.15) is 33.3 Å². The summed E-state index contributed by atoms with van der Waals surface area (Å²) >= 11 is 0. The molecule has 29 heavy (non-hydrogen) atoms. The van der Waals surface area contributed by atoms with Crippen molar-refractivity contribution in [2.24, 2.45) is 4.99 Å². The fourth-order valence-electron chi connectivity index (χ4n) is 2.82. The van der Waals surface area contributed by atoms with Crippen LogP contribution in [0.2, 0.25) is 0 Å². The van der Waals surface area contributed by atoms with Crippen molar-refractivity contribution in [1.82, 2.24) is 30.3 Å². The number of benzene rings is 1. The van der Waals surface area contributed by atoms with E-state index in [0.29, 0.717) is 19.6 Å². The van der Waals surface area contributed by atoms with Gasteiger partial charge in [0.15, 0.2) is 5.96 Å². The molecule has 0 unspecified atom stereocenters. The van der Waals surface area contributed by atoms with Gasteiger partial charge in [-0.3, -0.25) is 0 Å². The second-order valence-electron chi connectivity index (χ2n) is 7.93. The first-order valence-corrected chi connectivity index (χ1v) is 9.81. The molecule has 1 aliphatic heterocycles. The van der Waals surface area contributed by atoms with E-state index in [1.54, 1.807) is 15.9 Å². The predicted molar refractivity (Wildman–Crippen MR) is 111 cm³/mol. The fraction of sp³-hybridized carbons (Fsp3) is 0.500. The van der Waals surface area contributed by atoms with E-state index in [1.165, 1.54) is 6.33 Å². The van der Waals surface area contributed by atoms with Crippen molar-refractivity contribution < 1.29 is 9.53 Å². The number of nitrogens with zero attached hydrogens (tertiary/aromatic N) is 5. The minimum atomic E-state index is -0.477. The van der Waals surface area contributed by atoms with Crippen molar-refractivity contribution in [3.8, 4) is 5.69 Å². The van der Waals surface area contributed by atoms with E-state index in [4.69, 9.17) is 4.74 Å². The van der Waals surface area contributed by atoms with Crippen LogP contribution in [0.4, 0.5) is 4.79 Å². The van der Waals surface area contributed by atoms with Crippen molar-refractivity contribution in [3.63, 3.8) is 0 Å². The molecule has 9 nitrogen and oxygen atoms in total. The Kier molecular flexibility index (Phi) is 6.36. The summed E-state index contributed by atoms with van der Waals surface area (Å²) in [6.45, 7) is 10.2. The lowest BCUT2D eigenvalue weighted by Gasteiger charge is -2.40. The zero-order chi connectivity index (χ0) is 20.9. The molecule has 2 N–H and O–H groups in total. The van der Waals surface area contributed by atoms with Gasteiger partial charge in [-0.2, -0.15) is 5.10 Å². The van der Waals surface area contributed by atoms with E-state index in [9.17, 15) is 4.79 Å². The van der Waals surface area contributed by atoms with Crippen LogP contribution < -0.4 is 10.6 Å². The molecule has 0 spiro atoms. The second kappa shape index (κ2) is 8.93. The zero-order valence-electron chi connectivity index (χ0n) is 17.4. The largest absolute Gasteiger partial charge is 0.444 e. The third-order valence-electron chi connectivity index (χ3n) is 4.26. The van der Waals surface area contributed by atoms with Gasteiger partial charge in [-0.25, -0.2) is 19.5 Å². The first-order valence-electron chi connectivity index (χ1n) is 9.81. The Morgan fingerprint density at radius 3 is 2.59 bits per heavy atom. The van der Waals surface area contributed by atoms with Crippen LogP contribution in [0, 0.1) is 0 Å². The van der Waals surface area contributed by atoms with E-state index >= 15 is 0 Å². The predicted octanol–water partition coefficient (Wildman–Crippen LogP) is 1.94. The highest BCUT2D eigenvalue weighted by Gasteiger charge is 2.34. The van der Waals surface area contributed by atoms with Crippen molar-refractivity contribution in [1.29, 1.82) is 0 Å². The third kappa shape index (κ3) is 5.94. The number of ether oxygens (including phenoxy) is 1. The molecule has 1 aromatic heterocycles. The Morgan fingerprint density at radius 2 is 2.00 bits per heavy atom. The summed E-state index contributed by atoms with van der Waals surface area (Å²) in [6.07, 6.45) is 2.90.